The number of pyridine rings is 1. The molecule has 2 aromatic rings. The van der Waals surface area contributed by atoms with Gasteiger partial charge >= 0.3 is 6.18 Å². The Kier molecular flexibility index (Phi) is 4.82. The number of benzene rings is 1. The number of amides is 1. The van der Waals surface area contributed by atoms with E-state index in [0.29, 0.717) is 5.56 Å². The van der Waals surface area contributed by atoms with Gasteiger partial charge in [0.05, 0.1) is 11.1 Å². The quantitative estimate of drug-likeness (QED) is 0.932. The zero-order valence-electron chi connectivity index (χ0n) is 13.2. The molecular weight excluding hydrogens is 321 g/mol. The summed E-state index contributed by atoms with van der Waals surface area (Å²) in [4.78, 5) is 23.7. The van der Waals surface area contributed by atoms with Gasteiger partial charge in [-0.3, -0.25) is 9.59 Å². The number of alkyl halides is 3. The Bertz CT molecular complexity index is 795. The van der Waals surface area contributed by atoms with Gasteiger partial charge in [-0.1, -0.05) is 18.2 Å². The molecule has 128 valence electrons. The summed E-state index contributed by atoms with van der Waals surface area (Å²) in [5, 5.41) is 2.66. The molecule has 0 bridgehead atoms. The molecule has 4 nitrogen and oxygen atoms in total. The first-order valence-electron chi connectivity index (χ1n) is 7.24. The van der Waals surface area contributed by atoms with Crippen LogP contribution in [0.1, 0.15) is 25.0 Å². The molecule has 0 fully saturated rings. The lowest BCUT2D eigenvalue weighted by molar-refractivity contribution is -0.137. The first-order valence-corrected chi connectivity index (χ1v) is 7.24. The van der Waals surface area contributed by atoms with E-state index in [1.165, 1.54) is 29.0 Å². The number of hydrogen-bond donors (Lipinski definition) is 1. The Hall–Kier alpha value is -2.57. The third-order valence-electron chi connectivity index (χ3n) is 3.58. The molecular formula is C17H17F3N2O2. The summed E-state index contributed by atoms with van der Waals surface area (Å²) < 4.78 is 39.7. The molecule has 1 aromatic carbocycles. The van der Waals surface area contributed by atoms with Gasteiger partial charge in [0.2, 0.25) is 5.91 Å². The molecule has 0 atom stereocenters. The first kappa shape index (κ1) is 17.8. The maximum Gasteiger partial charge on any atom is 0.416 e. The molecule has 0 aliphatic heterocycles. The fourth-order valence-corrected chi connectivity index (χ4v) is 2.29. The van der Waals surface area contributed by atoms with Crippen LogP contribution in [0.3, 0.4) is 0 Å². The summed E-state index contributed by atoms with van der Waals surface area (Å²) in [7, 11) is 0. The molecule has 0 unspecified atom stereocenters. The van der Waals surface area contributed by atoms with Gasteiger partial charge in [-0.05, 0) is 37.6 Å². The van der Waals surface area contributed by atoms with E-state index in [1.54, 1.807) is 26.0 Å². The zero-order chi connectivity index (χ0) is 18.0. The molecule has 1 N–H and O–H groups in total. The van der Waals surface area contributed by atoms with E-state index in [0.717, 1.165) is 12.1 Å². The fourth-order valence-electron chi connectivity index (χ4n) is 2.29. The van der Waals surface area contributed by atoms with E-state index >= 15 is 0 Å². The van der Waals surface area contributed by atoms with Crippen LogP contribution in [0.4, 0.5) is 13.2 Å². The van der Waals surface area contributed by atoms with Crippen molar-refractivity contribution in [3.63, 3.8) is 0 Å². The number of carbonyl (C=O) groups excluding carboxylic acids is 1. The van der Waals surface area contributed by atoms with Crippen LogP contribution in [0.25, 0.3) is 0 Å². The topological polar surface area (TPSA) is 51.1 Å². The van der Waals surface area contributed by atoms with Crippen LogP contribution >= 0.6 is 0 Å². The highest BCUT2D eigenvalue weighted by Gasteiger charge is 2.32. The minimum absolute atomic E-state index is 0.206. The number of halogens is 3. The molecule has 0 saturated heterocycles. The van der Waals surface area contributed by atoms with E-state index in [-0.39, 0.29) is 12.1 Å². The summed E-state index contributed by atoms with van der Waals surface area (Å²) in [6.45, 7) is 3.00. The van der Waals surface area contributed by atoms with Gasteiger partial charge in [-0.2, -0.15) is 13.2 Å². The van der Waals surface area contributed by atoms with Crippen LogP contribution in [0.2, 0.25) is 0 Å². The summed E-state index contributed by atoms with van der Waals surface area (Å²) in [5.41, 5.74) is -1.80. The van der Waals surface area contributed by atoms with Gasteiger partial charge in [0, 0.05) is 12.3 Å². The van der Waals surface area contributed by atoms with Crippen molar-refractivity contribution >= 4 is 5.91 Å². The molecule has 24 heavy (non-hydrogen) atoms. The van der Waals surface area contributed by atoms with E-state index in [2.05, 4.69) is 5.32 Å². The van der Waals surface area contributed by atoms with Crippen molar-refractivity contribution in [2.24, 2.45) is 0 Å². The van der Waals surface area contributed by atoms with E-state index in [9.17, 15) is 22.8 Å². The Morgan fingerprint density at radius 2 is 1.75 bits per heavy atom. The van der Waals surface area contributed by atoms with Crippen LogP contribution in [0.15, 0.2) is 53.5 Å². The highest BCUT2D eigenvalue weighted by molar-refractivity contribution is 5.76. The van der Waals surface area contributed by atoms with Gasteiger partial charge in [0.25, 0.3) is 5.56 Å². The molecule has 7 heteroatoms. The standard InChI is InChI=1S/C17H17F3N2O2/c1-16(2,12-6-5-7-13(10-12)17(18,19)20)21-14(23)11-22-9-4-3-8-15(22)24/h3-10H,11H2,1-2H3,(H,21,23). The largest absolute Gasteiger partial charge is 0.416 e. The van der Waals surface area contributed by atoms with Crippen LogP contribution in [0, 0.1) is 0 Å². The maximum atomic E-state index is 12.8. The minimum Gasteiger partial charge on any atom is -0.346 e. The molecule has 0 aliphatic rings. The molecule has 0 aliphatic carbocycles. The number of rotatable bonds is 4. The SMILES string of the molecule is CC(C)(NC(=O)Cn1ccccc1=O)c1cccc(C(F)(F)F)c1. The Morgan fingerprint density at radius 3 is 2.38 bits per heavy atom. The average molecular weight is 338 g/mol. The zero-order valence-corrected chi connectivity index (χ0v) is 13.2. The molecule has 0 spiro atoms. The maximum absolute atomic E-state index is 12.8. The van der Waals surface area contributed by atoms with E-state index in [4.69, 9.17) is 0 Å². The van der Waals surface area contributed by atoms with Crippen molar-refractivity contribution in [3.8, 4) is 0 Å². The van der Waals surface area contributed by atoms with Gasteiger partial charge in [0.1, 0.15) is 6.54 Å². The second kappa shape index (κ2) is 6.51. The van der Waals surface area contributed by atoms with Crippen molar-refractivity contribution in [1.82, 2.24) is 9.88 Å². The summed E-state index contributed by atoms with van der Waals surface area (Å²) in [5.74, 6) is -0.467. The second-order valence-electron chi connectivity index (χ2n) is 5.92. The van der Waals surface area contributed by atoms with E-state index in [1.807, 2.05) is 0 Å². The monoisotopic (exact) mass is 338 g/mol. The number of nitrogens with zero attached hydrogens (tertiary/aromatic N) is 1. The van der Waals surface area contributed by atoms with Gasteiger partial charge < -0.3 is 9.88 Å². The van der Waals surface area contributed by atoms with Crippen molar-refractivity contribution in [3.05, 3.63) is 70.1 Å². The Morgan fingerprint density at radius 1 is 1.08 bits per heavy atom. The highest BCUT2D eigenvalue weighted by atomic mass is 19.4. The summed E-state index contributed by atoms with van der Waals surface area (Å²) in [6, 6.07) is 9.30. The molecule has 1 heterocycles. The van der Waals surface area contributed by atoms with Gasteiger partial charge in [-0.15, -0.1) is 0 Å². The molecule has 1 amide bonds. The fraction of sp³-hybridized carbons (Fsp3) is 0.294. The number of hydrogen-bond acceptors (Lipinski definition) is 2. The predicted molar refractivity (Wildman–Crippen MR) is 83.3 cm³/mol. The van der Waals surface area contributed by atoms with Crippen molar-refractivity contribution in [2.75, 3.05) is 0 Å². The summed E-state index contributed by atoms with van der Waals surface area (Å²) >= 11 is 0. The van der Waals surface area contributed by atoms with Gasteiger partial charge in [0.15, 0.2) is 0 Å². The number of carbonyl (C=O) groups is 1. The predicted octanol–water partition coefficient (Wildman–Crippen LogP) is 2.92. The van der Waals surface area contributed by atoms with Crippen LogP contribution in [-0.4, -0.2) is 10.5 Å². The minimum atomic E-state index is -4.45. The van der Waals surface area contributed by atoms with Crippen LogP contribution < -0.4 is 10.9 Å². The first-order chi connectivity index (χ1) is 11.1. The Labute approximate surface area is 136 Å². The van der Waals surface area contributed by atoms with Crippen molar-refractivity contribution < 1.29 is 18.0 Å². The second-order valence-corrected chi connectivity index (χ2v) is 5.92. The third kappa shape index (κ3) is 4.24. The van der Waals surface area contributed by atoms with Crippen LogP contribution in [-0.2, 0) is 23.1 Å². The molecule has 0 radical (unpaired) electrons. The molecule has 1 aromatic heterocycles. The summed E-state index contributed by atoms with van der Waals surface area (Å²) in [6.07, 6.45) is -2.98. The van der Waals surface area contributed by atoms with Gasteiger partial charge in [-0.25, -0.2) is 0 Å². The molecule has 2 rings (SSSR count). The van der Waals surface area contributed by atoms with Crippen LogP contribution in [0.5, 0.6) is 0 Å². The third-order valence-corrected chi connectivity index (χ3v) is 3.58. The lowest BCUT2D eigenvalue weighted by Gasteiger charge is -2.28. The number of aromatic nitrogens is 1. The molecule has 0 saturated carbocycles. The number of nitrogens with one attached hydrogen (secondary N) is 1. The van der Waals surface area contributed by atoms with Crippen molar-refractivity contribution in [2.45, 2.75) is 32.1 Å². The lowest BCUT2D eigenvalue weighted by atomic mass is 9.92. The normalized spacial score (nSPS) is 12.0. The Balaban J connectivity index is 2.17. The lowest BCUT2D eigenvalue weighted by Crippen LogP contribution is -2.43. The smallest absolute Gasteiger partial charge is 0.346 e. The average Bonchev–Trinajstić information content (AvgIpc) is 2.48. The van der Waals surface area contributed by atoms with E-state index < -0.39 is 23.2 Å². The highest BCUT2D eigenvalue weighted by Crippen LogP contribution is 2.32. The van der Waals surface area contributed by atoms with Crippen molar-refractivity contribution in [1.29, 1.82) is 0 Å².